The summed E-state index contributed by atoms with van der Waals surface area (Å²) >= 11 is 0. The molecule has 0 aliphatic heterocycles. The van der Waals surface area contributed by atoms with Crippen molar-refractivity contribution in [2.45, 2.75) is 200 Å². The topological polar surface area (TPSA) is 155 Å². The van der Waals surface area contributed by atoms with Gasteiger partial charge in [0.15, 0.2) is 6.10 Å². The molecule has 11 nitrogen and oxygen atoms in total. The van der Waals surface area contributed by atoms with Gasteiger partial charge in [-0.1, -0.05) is 169 Å². The summed E-state index contributed by atoms with van der Waals surface area (Å²) in [7, 11) is -4.77. The lowest BCUT2D eigenvalue weighted by atomic mass is 10.1. The number of aliphatic hydroxyl groups excluding tert-OH is 1. The number of carbonyl (C=O) groups excluding carboxylic acids is 3. The highest BCUT2D eigenvalue weighted by Gasteiger charge is 2.28. The fraction of sp³-hybridized carbons (Fsp3) is 0.648. The Morgan fingerprint density at radius 2 is 0.818 bits per heavy atom. The molecular formula is C54H89O11P. The number of allylic oxidation sites excluding steroid dienone is 16. The molecule has 2 N–H and O–H groups in total. The fourth-order valence-corrected chi connectivity index (χ4v) is 6.93. The smallest absolute Gasteiger partial charge is 0.462 e. The standard InChI is InChI=1S/C54H89O11P/c1-4-7-10-13-16-19-22-25-28-31-34-37-40-43-52(56)61-47-51(65-54(58)45-42-39-36-33-30-27-24-21-18-15-12-9-6-3)49-63-66(59,60)62-48-50(46-55)64-53(57)44-41-38-35-32-29-26-23-20-17-14-11-8-5-2/h7,10-12,14-16,19-21,23-25,28,34,37,50-51,55H,4-6,8-9,13,17-18,22,26-27,29-33,35-36,38-49H2,1-3H3,(H,59,60)/b10-7-,14-11-,15-12-,19-16-,23-20-,24-21-,28-25-,37-34-. The molecule has 0 heterocycles. The number of phosphoric acid groups is 1. The van der Waals surface area contributed by atoms with Crippen LogP contribution in [0.3, 0.4) is 0 Å². The lowest BCUT2D eigenvalue weighted by Gasteiger charge is -2.21. The van der Waals surface area contributed by atoms with Gasteiger partial charge >= 0.3 is 25.7 Å². The maximum absolute atomic E-state index is 12.8. The molecule has 0 saturated carbocycles. The summed E-state index contributed by atoms with van der Waals surface area (Å²) in [6.45, 7) is 4.24. The van der Waals surface area contributed by atoms with E-state index in [1.165, 1.54) is 0 Å². The van der Waals surface area contributed by atoms with Crippen molar-refractivity contribution in [3.05, 3.63) is 97.2 Å². The van der Waals surface area contributed by atoms with Crippen LogP contribution in [-0.4, -0.2) is 66.5 Å². The maximum atomic E-state index is 12.8. The summed E-state index contributed by atoms with van der Waals surface area (Å²) in [4.78, 5) is 48.2. The highest BCUT2D eigenvalue weighted by atomic mass is 31.2. The monoisotopic (exact) mass is 945 g/mol. The van der Waals surface area contributed by atoms with Gasteiger partial charge in [-0.15, -0.1) is 0 Å². The summed E-state index contributed by atoms with van der Waals surface area (Å²) in [6, 6.07) is 0. The molecule has 0 radical (unpaired) electrons. The number of aliphatic hydroxyl groups is 1. The molecule has 0 rings (SSSR count). The summed E-state index contributed by atoms with van der Waals surface area (Å²) in [5, 5.41) is 9.76. The van der Waals surface area contributed by atoms with Crippen molar-refractivity contribution in [1.29, 1.82) is 0 Å². The Morgan fingerprint density at radius 3 is 1.27 bits per heavy atom. The third-order valence-electron chi connectivity index (χ3n) is 9.94. The predicted molar refractivity (Wildman–Crippen MR) is 270 cm³/mol. The van der Waals surface area contributed by atoms with Gasteiger partial charge in [-0.25, -0.2) is 4.57 Å². The second-order valence-electron chi connectivity index (χ2n) is 16.2. The van der Waals surface area contributed by atoms with Crippen LogP contribution in [-0.2, 0) is 42.2 Å². The average molecular weight is 945 g/mol. The highest BCUT2D eigenvalue weighted by Crippen LogP contribution is 2.43. The number of phosphoric ester groups is 1. The zero-order valence-electron chi connectivity index (χ0n) is 41.1. The Bertz CT molecular complexity index is 1480. The van der Waals surface area contributed by atoms with Crippen molar-refractivity contribution in [1.82, 2.24) is 0 Å². The van der Waals surface area contributed by atoms with E-state index in [1.807, 2.05) is 12.2 Å². The Labute approximate surface area is 400 Å². The number of ether oxygens (including phenoxy) is 3. The van der Waals surface area contributed by atoms with Crippen molar-refractivity contribution in [2.24, 2.45) is 0 Å². The first-order valence-corrected chi connectivity index (χ1v) is 26.6. The Balaban J connectivity index is 4.86. The molecular weight excluding hydrogens is 856 g/mol. The van der Waals surface area contributed by atoms with E-state index in [0.29, 0.717) is 19.3 Å². The first-order valence-electron chi connectivity index (χ1n) is 25.1. The van der Waals surface area contributed by atoms with Crippen LogP contribution < -0.4 is 0 Å². The Kier molecular flexibility index (Phi) is 45.3. The number of carbonyl (C=O) groups is 3. The zero-order chi connectivity index (χ0) is 48.4. The number of unbranched alkanes of at least 4 members (excludes halogenated alkanes) is 12. The minimum atomic E-state index is -4.77. The van der Waals surface area contributed by atoms with Gasteiger partial charge in [0.05, 0.1) is 19.8 Å². The van der Waals surface area contributed by atoms with Gasteiger partial charge in [-0.3, -0.25) is 23.4 Å². The zero-order valence-corrected chi connectivity index (χ0v) is 42.0. The molecule has 0 saturated heterocycles. The van der Waals surface area contributed by atoms with Gasteiger partial charge in [0.2, 0.25) is 0 Å². The second kappa shape index (κ2) is 47.9. The molecule has 0 fully saturated rings. The molecule has 0 bridgehead atoms. The molecule has 12 heteroatoms. The molecule has 3 atom stereocenters. The van der Waals surface area contributed by atoms with E-state index in [4.69, 9.17) is 23.3 Å². The highest BCUT2D eigenvalue weighted by molar-refractivity contribution is 7.47. The molecule has 376 valence electrons. The van der Waals surface area contributed by atoms with Crippen LogP contribution in [0.15, 0.2) is 97.2 Å². The van der Waals surface area contributed by atoms with Crippen LogP contribution in [0.1, 0.15) is 188 Å². The first kappa shape index (κ1) is 62.4. The molecule has 0 aliphatic carbocycles. The van der Waals surface area contributed by atoms with E-state index in [9.17, 15) is 28.9 Å². The van der Waals surface area contributed by atoms with Gasteiger partial charge in [0.1, 0.15) is 12.7 Å². The molecule has 3 unspecified atom stereocenters. The van der Waals surface area contributed by atoms with Crippen molar-refractivity contribution in [3.8, 4) is 0 Å². The fourth-order valence-electron chi connectivity index (χ4n) is 6.15. The number of hydrogen-bond donors (Lipinski definition) is 2. The molecule has 0 spiro atoms. The van der Waals surface area contributed by atoms with Crippen molar-refractivity contribution >= 4 is 25.7 Å². The third kappa shape index (κ3) is 45.6. The Morgan fingerprint density at radius 1 is 0.439 bits per heavy atom. The second-order valence-corrected chi connectivity index (χ2v) is 17.7. The van der Waals surface area contributed by atoms with Crippen LogP contribution in [0.4, 0.5) is 0 Å². The summed E-state index contributed by atoms with van der Waals surface area (Å²) < 4.78 is 39.2. The van der Waals surface area contributed by atoms with Crippen molar-refractivity contribution < 1.29 is 52.2 Å². The van der Waals surface area contributed by atoms with Crippen LogP contribution in [0, 0.1) is 0 Å². The van der Waals surface area contributed by atoms with Gasteiger partial charge in [0, 0.05) is 19.3 Å². The van der Waals surface area contributed by atoms with Crippen LogP contribution in [0.5, 0.6) is 0 Å². The third-order valence-corrected chi connectivity index (χ3v) is 10.9. The molecule has 66 heavy (non-hydrogen) atoms. The van der Waals surface area contributed by atoms with E-state index in [2.05, 4.69) is 106 Å². The molecule has 0 aromatic carbocycles. The quantitative estimate of drug-likeness (QED) is 0.0197. The van der Waals surface area contributed by atoms with Crippen LogP contribution in [0.25, 0.3) is 0 Å². The van der Waals surface area contributed by atoms with Crippen molar-refractivity contribution in [2.75, 3.05) is 26.4 Å². The molecule has 0 aromatic rings. The predicted octanol–water partition coefficient (Wildman–Crippen LogP) is 14.1. The number of esters is 3. The number of rotatable bonds is 45. The van der Waals surface area contributed by atoms with Crippen LogP contribution in [0.2, 0.25) is 0 Å². The maximum Gasteiger partial charge on any atom is 0.472 e. The van der Waals surface area contributed by atoms with Gasteiger partial charge < -0.3 is 24.2 Å². The van der Waals surface area contributed by atoms with Gasteiger partial charge in [-0.05, 0) is 96.3 Å². The first-order chi connectivity index (χ1) is 32.2. The van der Waals surface area contributed by atoms with Gasteiger partial charge in [0.25, 0.3) is 0 Å². The van der Waals surface area contributed by atoms with E-state index in [1.54, 1.807) is 0 Å². The Hall–Kier alpha value is -3.60. The largest absolute Gasteiger partial charge is 0.472 e. The normalized spacial score (nSPS) is 14.3. The lowest BCUT2D eigenvalue weighted by molar-refractivity contribution is -0.161. The summed E-state index contributed by atoms with van der Waals surface area (Å²) in [5.74, 6) is -1.61. The van der Waals surface area contributed by atoms with E-state index in [-0.39, 0.29) is 25.9 Å². The van der Waals surface area contributed by atoms with E-state index < -0.39 is 57.8 Å². The SMILES string of the molecule is CC/C=C\C/C=C\C/C=C\C/C=C\CCC(=O)OCC(COP(=O)(O)OCC(CO)OC(=O)CCCCCCC/C=C\C/C=C\CCC)OC(=O)CCCCCCC/C=C\C/C=C\CCC. The average Bonchev–Trinajstić information content (AvgIpc) is 3.30. The summed E-state index contributed by atoms with van der Waals surface area (Å²) in [5.41, 5.74) is 0. The molecule has 0 aromatic heterocycles. The lowest BCUT2D eigenvalue weighted by Crippen LogP contribution is -2.30. The van der Waals surface area contributed by atoms with Gasteiger partial charge in [-0.2, -0.15) is 0 Å². The van der Waals surface area contributed by atoms with E-state index in [0.717, 1.165) is 128 Å². The summed E-state index contributed by atoms with van der Waals surface area (Å²) in [6.07, 6.45) is 54.0. The van der Waals surface area contributed by atoms with Crippen molar-refractivity contribution in [3.63, 3.8) is 0 Å². The minimum absolute atomic E-state index is 0.0971. The van der Waals surface area contributed by atoms with Crippen LogP contribution >= 0.6 is 7.82 Å². The number of hydrogen-bond acceptors (Lipinski definition) is 10. The van der Waals surface area contributed by atoms with E-state index >= 15 is 0 Å². The minimum Gasteiger partial charge on any atom is -0.462 e. The molecule has 0 aliphatic rings. The molecule has 0 amide bonds.